The van der Waals surface area contributed by atoms with Gasteiger partial charge in [-0.25, -0.2) is 4.98 Å². The Labute approximate surface area is 120 Å². The molecular weight excluding hydrogens is 280 g/mol. The standard InChI is InChI=1S/C12H18N4OS2/c1-13-5-6-16(4)11(17)9-7-8-10(18-9)14-12(19-8)15(2)3/h7,13H,5-6H2,1-4H3. The molecule has 0 saturated heterocycles. The molecule has 1 N–H and O–H groups in total. The number of rotatable bonds is 5. The fraction of sp³-hybridized carbons (Fsp3) is 0.500. The van der Waals surface area contributed by atoms with Crippen LogP contribution in [0.4, 0.5) is 5.13 Å². The Hall–Kier alpha value is -1.18. The molecule has 2 rings (SSSR count). The minimum atomic E-state index is 0.0665. The van der Waals surface area contributed by atoms with Crippen LogP contribution in [0.15, 0.2) is 6.07 Å². The molecule has 0 unspecified atom stereocenters. The maximum absolute atomic E-state index is 12.2. The first-order valence-corrected chi connectivity index (χ1v) is 7.64. The lowest BCUT2D eigenvalue weighted by Crippen LogP contribution is -2.32. The molecule has 0 saturated carbocycles. The summed E-state index contributed by atoms with van der Waals surface area (Å²) in [6.07, 6.45) is 0. The van der Waals surface area contributed by atoms with E-state index in [-0.39, 0.29) is 5.91 Å². The molecule has 0 aromatic carbocycles. The van der Waals surface area contributed by atoms with E-state index in [1.54, 1.807) is 16.2 Å². The monoisotopic (exact) mass is 298 g/mol. The molecule has 0 fully saturated rings. The van der Waals surface area contributed by atoms with Crippen LogP contribution in [0.1, 0.15) is 9.67 Å². The van der Waals surface area contributed by atoms with Crippen molar-refractivity contribution in [2.24, 2.45) is 0 Å². The molecule has 0 aliphatic heterocycles. The smallest absolute Gasteiger partial charge is 0.263 e. The van der Waals surface area contributed by atoms with Gasteiger partial charge in [-0.1, -0.05) is 11.3 Å². The summed E-state index contributed by atoms with van der Waals surface area (Å²) in [4.78, 5) is 22.2. The van der Waals surface area contributed by atoms with Crippen LogP contribution in [-0.2, 0) is 0 Å². The largest absolute Gasteiger partial charge is 0.354 e. The number of amides is 1. The number of hydrogen-bond acceptors (Lipinski definition) is 6. The first-order valence-electron chi connectivity index (χ1n) is 6.00. The van der Waals surface area contributed by atoms with Gasteiger partial charge < -0.3 is 15.1 Å². The molecule has 7 heteroatoms. The number of thiazole rings is 1. The van der Waals surface area contributed by atoms with E-state index in [1.165, 1.54) is 11.3 Å². The molecule has 2 heterocycles. The van der Waals surface area contributed by atoms with E-state index in [9.17, 15) is 4.79 Å². The number of hydrogen-bond donors (Lipinski definition) is 1. The van der Waals surface area contributed by atoms with Crippen LogP contribution in [0, 0.1) is 0 Å². The first kappa shape index (κ1) is 14.2. The van der Waals surface area contributed by atoms with Crippen molar-refractivity contribution in [2.75, 3.05) is 46.2 Å². The van der Waals surface area contributed by atoms with Crippen LogP contribution in [0.3, 0.4) is 0 Å². The predicted octanol–water partition coefficient (Wildman–Crippen LogP) is 1.72. The van der Waals surface area contributed by atoms with E-state index in [4.69, 9.17) is 0 Å². The van der Waals surface area contributed by atoms with Crippen LogP contribution >= 0.6 is 22.7 Å². The molecule has 0 spiro atoms. The average molecular weight is 298 g/mol. The quantitative estimate of drug-likeness (QED) is 0.913. The summed E-state index contributed by atoms with van der Waals surface area (Å²) in [5.41, 5.74) is 0. The third kappa shape index (κ3) is 3.05. The highest BCUT2D eigenvalue weighted by Crippen LogP contribution is 2.34. The van der Waals surface area contributed by atoms with Gasteiger partial charge in [0.05, 0.1) is 9.58 Å². The predicted molar refractivity (Wildman–Crippen MR) is 82.7 cm³/mol. The Morgan fingerprint density at radius 3 is 2.68 bits per heavy atom. The van der Waals surface area contributed by atoms with Gasteiger partial charge in [-0.05, 0) is 13.1 Å². The van der Waals surface area contributed by atoms with E-state index in [0.717, 1.165) is 26.1 Å². The highest BCUT2D eigenvalue weighted by atomic mass is 32.1. The van der Waals surface area contributed by atoms with Crippen LogP contribution in [0.25, 0.3) is 9.53 Å². The summed E-state index contributed by atoms with van der Waals surface area (Å²) in [5.74, 6) is 0.0665. The number of likely N-dealkylation sites (N-methyl/N-ethyl adjacent to an activating group) is 2. The van der Waals surface area contributed by atoms with E-state index < -0.39 is 0 Å². The van der Waals surface area contributed by atoms with Crippen molar-refractivity contribution in [3.63, 3.8) is 0 Å². The SMILES string of the molecule is CNCCN(C)C(=O)c1cc2sc(N(C)C)nc2s1. The highest BCUT2D eigenvalue weighted by Gasteiger charge is 2.17. The van der Waals surface area contributed by atoms with Gasteiger partial charge in [-0.15, -0.1) is 11.3 Å². The van der Waals surface area contributed by atoms with Gasteiger partial charge in [-0.2, -0.15) is 0 Å². The Morgan fingerprint density at radius 1 is 1.37 bits per heavy atom. The average Bonchev–Trinajstić information content (AvgIpc) is 2.92. The Morgan fingerprint density at radius 2 is 2.11 bits per heavy atom. The molecule has 1 amide bonds. The maximum atomic E-state index is 12.2. The van der Waals surface area contributed by atoms with Gasteiger partial charge >= 0.3 is 0 Å². The van der Waals surface area contributed by atoms with Crippen molar-refractivity contribution in [1.82, 2.24) is 15.2 Å². The maximum Gasteiger partial charge on any atom is 0.263 e. The van der Waals surface area contributed by atoms with E-state index >= 15 is 0 Å². The summed E-state index contributed by atoms with van der Waals surface area (Å²) >= 11 is 3.08. The molecule has 5 nitrogen and oxygen atoms in total. The molecule has 0 atom stereocenters. The fourth-order valence-electron chi connectivity index (χ4n) is 1.59. The van der Waals surface area contributed by atoms with Gasteiger partial charge in [0.1, 0.15) is 4.83 Å². The third-order valence-corrected chi connectivity index (χ3v) is 5.03. The van der Waals surface area contributed by atoms with Gasteiger partial charge in [0, 0.05) is 34.2 Å². The Kier molecular flexibility index (Phi) is 4.38. The van der Waals surface area contributed by atoms with Gasteiger partial charge in [0.2, 0.25) is 0 Å². The van der Waals surface area contributed by atoms with Gasteiger partial charge in [0.25, 0.3) is 5.91 Å². The second-order valence-electron chi connectivity index (χ2n) is 4.50. The Bertz CT molecular complexity index is 544. The zero-order chi connectivity index (χ0) is 14.0. The number of anilines is 1. The summed E-state index contributed by atoms with van der Waals surface area (Å²) in [6, 6.07) is 1.95. The second kappa shape index (κ2) is 5.85. The van der Waals surface area contributed by atoms with E-state index in [2.05, 4.69) is 10.3 Å². The van der Waals surface area contributed by atoms with Crippen molar-refractivity contribution < 1.29 is 4.79 Å². The molecule has 2 aromatic heterocycles. The number of aromatic nitrogens is 1. The van der Waals surface area contributed by atoms with Gasteiger partial charge in [-0.3, -0.25) is 4.79 Å². The van der Waals surface area contributed by atoms with Crippen molar-refractivity contribution in [1.29, 1.82) is 0 Å². The van der Waals surface area contributed by atoms with E-state index in [0.29, 0.717) is 6.54 Å². The third-order valence-electron chi connectivity index (χ3n) is 2.72. The highest BCUT2D eigenvalue weighted by molar-refractivity contribution is 7.29. The van der Waals surface area contributed by atoms with Gasteiger partial charge in [0.15, 0.2) is 5.13 Å². The molecule has 0 aliphatic rings. The summed E-state index contributed by atoms with van der Waals surface area (Å²) in [6.45, 7) is 1.50. The lowest BCUT2D eigenvalue weighted by atomic mass is 10.4. The minimum Gasteiger partial charge on any atom is -0.354 e. The van der Waals surface area contributed by atoms with Crippen molar-refractivity contribution >= 4 is 43.2 Å². The lowest BCUT2D eigenvalue weighted by Gasteiger charge is -2.15. The second-order valence-corrected chi connectivity index (χ2v) is 6.54. The van der Waals surface area contributed by atoms with E-state index in [1.807, 2.05) is 39.2 Å². The number of carbonyl (C=O) groups excluding carboxylic acids is 1. The summed E-state index contributed by atoms with van der Waals surface area (Å²) < 4.78 is 1.08. The summed E-state index contributed by atoms with van der Waals surface area (Å²) in [7, 11) is 7.65. The van der Waals surface area contributed by atoms with Crippen LogP contribution in [-0.4, -0.2) is 57.1 Å². The number of carbonyl (C=O) groups is 1. The number of nitrogens with one attached hydrogen (secondary N) is 1. The van der Waals surface area contributed by atoms with Crippen molar-refractivity contribution in [3.8, 4) is 0 Å². The zero-order valence-corrected chi connectivity index (χ0v) is 13.2. The molecule has 0 radical (unpaired) electrons. The molecular formula is C12H18N4OS2. The lowest BCUT2D eigenvalue weighted by molar-refractivity contribution is 0.0801. The van der Waals surface area contributed by atoms with Crippen LogP contribution in [0.2, 0.25) is 0 Å². The zero-order valence-electron chi connectivity index (χ0n) is 11.6. The molecule has 104 valence electrons. The molecule has 0 aliphatic carbocycles. The fourth-order valence-corrected chi connectivity index (χ4v) is 3.72. The summed E-state index contributed by atoms with van der Waals surface area (Å²) in [5, 5.41) is 4.02. The minimum absolute atomic E-state index is 0.0665. The van der Waals surface area contributed by atoms with Crippen LogP contribution < -0.4 is 10.2 Å². The van der Waals surface area contributed by atoms with Crippen LogP contribution in [0.5, 0.6) is 0 Å². The molecule has 2 aromatic rings. The Balaban J connectivity index is 2.17. The first-order chi connectivity index (χ1) is 9.02. The number of fused-ring (bicyclic) bond motifs is 1. The number of nitrogens with zero attached hydrogens (tertiary/aromatic N) is 3. The molecule has 19 heavy (non-hydrogen) atoms. The molecule has 0 bridgehead atoms. The number of thiophene rings is 1. The van der Waals surface area contributed by atoms with Crippen molar-refractivity contribution in [3.05, 3.63) is 10.9 Å². The topological polar surface area (TPSA) is 48.5 Å². The normalized spacial score (nSPS) is 10.9. The van der Waals surface area contributed by atoms with Crippen molar-refractivity contribution in [2.45, 2.75) is 0 Å².